The smallest absolute Gasteiger partial charge is 0.231 e. The normalized spacial score (nSPS) is 22.6. The molecule has 4 N–H and O–H groups in total. The van der Waals surface area contributed by atoms with E-state index in [1.165, 1.54) is 5.56 Å². The van der Waals surface area contributed by atoms with E-state index in [-0.39, 0.29) is 24.4 Å². The number of hydrogen-bond acceptors (Lipinski definition) is 8. The summed E-state index contributed by atoms with van der Waals surface area (Å²) < 4.78 is 0. The van der Waals surface area contributed by atoms with Crippen molar-refractivity contribution in [3.05, 3.63) is 59.7 Å². The first-order valence-electron chi connectivity index (χ1n) is 11.1. The molecule has 2 heterocycles. The minimum absolute atomic E-state index is 0.0613. The average Bonchev–Trinajstić information content (AvgIpc) is 3.22. The third-order valence-corrected chi connectivity index (χ3v) is 6.36. The van der Waals surface area contributed by atoms with Crippen LogP contribution in [0, 0.1) is 0 Å². The molecule has 5 rings (SSSR count). The lowest BCUT2D eigenvalue weighted by molar-refractivity contribution is 0.171. The number of aromatic hydroxyl groups is 1. The van der Waals surface area contributed by atoms with Crippen LogP contribution in [0.2, 0.25) is 0 Å². The quantitative estimate of drug-likeness (QED) is 0.486. The molecule has 2 aromatic carbocycles. The Morgan fingerprint density at radius 2 is 1.91 bits per heavy atom. The number of rotatable bonds is 5. The maximum Gasteiger partial charge on any atom is 0.231 e. The van der Waals surface area contributed by atoms with Crippen molar-refractivity contribution in [1.82, 2.24) is 15.0 Å². The molecule has 3 atom stereocenters. The summed E-state index contributed by atoms with van der Waals surface area (Å²) >= 11 is 0. The van der Waals surface area contributed by atoms with E-state index < -0.39 is 6.10 Å². The topological polar surface area (TPSA) is 115 Å². The Balaban J connectivity index is 1.56. The van der Waals surface area contributed by atoms with Gasteiger partial charge in [0.25, 0.3) is 0 Å². The molecular weight excluding hydrogens is 406 g/mol. The highest BCUT2D eigenvalue weighted by molar-refractivity contribution is 5.61. The molecule has 8 heteroatoms. The zero-order chi connectivity index (χ0) is 22.1. The van der Waals surface area contributed by atoms with Crippen LogP contribution in [0.25, 0.3) is 11.4 Å². The maximum absolute atomic E-state index is 10.3. The van der Waals surface area contributed by atoms with Crippen molar-refractivity contribution in [1.29, 1.82) is 0 Å². The number of aliphatic hydroxyl groups is 2. The molecule has 0 saturated heterocycles. The van der Waals surface area contributed by atoms with Gasteiger partial charge in [-0.1, -0.05) is 36.4 Å². The molecule has 3 unspecified atom stereocenters. The number of aromatic nitrogens is 3. The molecule has 32 heavy (non-hydrogen) atoms. The van der Waals surface area contributed by atoms with Crippen LogP contribution in [0.3, 0.4) is 0 Å². The zero-order valence-corrected chi connectivity index (χ0v) is 17.7. The van der Waals surface area contributed by atoms with Gasteiger partial charge in [0.2, 0.25) is 11.9 Å². The lowest BCUT2D eigenvalue weighted by Gasteiger charge is -2.36. The third kappa shape index (κ3) is 3.99. The van der Waals surface area contributed by atoms with Gasteiger partial charge in [-0.2, -0.15) is 15.0 Å². The fourth-order valence-corrected chi connectivity index (χ4v) is 4.69. The van der Waals surface area contributed by atoms with E-state index >= 15 is 0 Å². The van der Waals surface area contributed by atoms with Crippen molar-refractivity contribution in [2.45, 2.75) is 43.9 Å². The van der Waals surface area contributed by atoms with Crippen LogP contribution in [0.1, 0.15) is 36.4 Å². The third-order valence-electron chi connectivity index (χ3n) is 6.36. The van der Waals surface area contributed by atoms with E-state index in [4.69, 9.17) is 4.98 Å². The number of aliphatic hydroxyl groups excluding tert-OH is 2. The first-order chi connectivity index (χ1) is 15.6. The molecule has 1 aliphatic heterocycles. The van der Waals surface area contributed by atoms with Gasteiger partial charge in [-0.05, 0) is 48.9 Å². The number of phenols is 1. The number of nitrogens with zero attached hydrogens (tertiary/aromatic N) is 4. The summed E-state index contributed by atoms with van der Waals surface area (Å²) in [6.07, 6.45) is 2.94. The summed E-state index contributed by atoms with van der Waals surface area (Å²) in [6.45, 7) is 0.603. The fraction of sp³-hybridized carbons (Fsp3) is 0.375. The molecule has 1 aliphatic carbocycles. The van der Waals surface area contributed by atoms with Crippen molar-refractivity contribution >= 4 is 11.9 Å². The minimum Gasteiger partial charge on any atom is -0.508 e. The first-order valence-corrected chi connectivity index (χ1v) is 11.1. The number of phenolic OH excluding ortho intramolecular Hbond substituents is 1. The Bertz CT molecular complexity index is 1110. The van der Waals surface area contributed by atoms with Gasteiger partial charge >= 0.3 is 0 Å². The van der Waals surface area contributed by atoms with E-state index in [0.29, 0.717) is 29.8 Å². The average molecular weight is 434 g/mol. The molecule has 8 nitrogen and oxygen atoms in total. The molecule has 2 aliphatic rings. The van der Waals surface area contributed by atoms with Crippen molar-refractivity contribution in [2.24, 2.45) is 0 Å². The van der Waals surface area contributed by atoms with Crippen LogP contribution in [0.4, 0.5) is 11.9 Å². The summed E-state index contributed by atoms with van der Waals surface area (Å²) in [7, 11) is 0. The van der Waals surface area contributed by atoms with Crippen LogP contribution in [0.5, 0.6) is 5.75 Å². The van der Waals surface area contributed by atoms with E-state index in [1.807, 2.05) is 29.2 Å². The molecule has 0 bridgehead atoms. The summed E-state index contributed by atoms with van der Waals surface area (Å²) in [5.41, 5.74) is 2.96. The van der Waals surface area contributed by atoms with Gasteiger partial charge in [0.05, 0.1) is 24.8 Å². The lowest BCUT2D eigenvalue weighted by Crippen LogP contribution is -2.39. The number of fused-ring (bicyclic) bond motifs is 1. The van der Waals surface area contributed by atoms with Gasteiger partial charge in [0.1, 0.15) is 5.75 Å². The van der Waals surface area contributed by atoms with Crippen LogP contribution in [-0.4, -0.2) is 55.6 Å². The summed E-state index contributed by atoms with van der Waals surface area (Å²) in [6, 6.07) is 14.5. The second-order valence-electron chi connectivity index (χ2n) is 8.42. The minimum atomic E-state index is -0.438. The summed E-state index contributed by atoms with van der Waals surface area (Å²) in [5.74, 6) is 1.40. The summed E-state index contributed by atoms with van der Waals surface area (Å²) in [5, 5.41) is 33.7. The highest BCUT2D eigenvalue weighted by atomic mass is 16.3. The molecule has 1 fully saturated rings. The van der Waals surface area contributed by atoms with Crippen molar-refractivity contribution in [3.63, 3.8) is 0 Å². The van der Waals surface area contributed by atoms with E-state index in [1.54, 1.807) is 18.2 Å². The molecule has 3 aromatic rings. The van der Waals surface area contributed by atoms with Crippen molar-refractivity contribution < 1.29 is 15.3 Å². The monoisotopic (exact) mass is 433 g/mol. The fourth-order valence-electron chi connectivity index (χ4n) is 4.69. The number of anilines is 2. The van der Waals surface area contributed by atoms with Crippen LogP contribution < -0.4 is 10.2 Å². The van der Waals surface area contributed by atoms with E-state index in [2.05, 4.69) is 21.4 Å². The van der Waals surface area contributed by atoms with Gasteiger partial charge in [0.15, 0.2) is 5.82 Å². The van der Waals surface area contributed by atoms with Crippen LogP contribution in [0.15, 0.2) is 48.5 Å². The first kappa shape index (κ1) is 20.7. The van der Waals surface area contributed by atoms with Gasteiger partial charge in [0, 0.05) is 12.1 Å². The highest BCUT2D eigenvalue weighted by Gasteiger charge is 2.30. The Kier molecular flexibility index (Phi) is 5.63. The lowest BCUT2D eigenvalue weighted by atomic mass is 9.93. The Morgan fingerprint density at radius 3 is 2.69 bits per heavy atom. The molecule has 1 aromatic heterocycles. The Labute approximate surface area is 186 Å². The Hall–Kier alpha value is -3.23. The second kappa shape index (κ2) is 8.72. The maximum atomic E-state index is 10.3. The largest absolute Gasteiger partial charge is 0.508 e. The standard InChI is InChI=1S/C24H27N5O3/c30-14-20-18-8-2-1-5-15(18)11-12-29(20)24-27-22(16-6-3-7-17(31)13-16)26-23(28-24)25-19-9-4-10-21(19)32/h1-3,5-8,13,19-21,30-32H,4,9-12,14H2,(H,25,26,27,28). The van der Waals surface area contributed by atoms with Crippen molar-refractivity contribution in [2.75, 3.05) is 23.4 Å². The zero-order valence-electron chi connectivity index (χ0n) is 17.7. The number of hydrogen-bond donors (Lipinski definition) is 4. The van der Waals surface area contributed by atoms with Crippen molar-refractivity contribution in [3.8, 4) is 17.1 Å². The van der Waals surface area contributed by atoms with E-state index in [9.17, 15) is 15.3 Å². The van der Waals surface area contributed by atoms with Gasteiger partial charge < -0.3 is 25.5 Å². The van der Waals surface area contributed by atoms with E-state index in [0.717, 1.165) is 31.2 Å². The summed E-state index contributed by atoms with van der Waals surface area (Å²) in [4.78, 5) is 16.0. The van der Waals surface area contributed by atoms with Gasteiger partial charge in [-0.25, -0.2) is 0 Å². The highest BCUT2D eigenvalue weighted by Crippen LogP contribution is 2.33. The number of nitrogens with one attached hydrogen (secondary N) is 1. The molecular formula is C24H27N5O3. The van der Waals surface area contributed by atoms with Gasteiger partial charge in [-0.3, -0.25) is 0 Å². The SMILES string of the molecule is OCC1c2ccccc2CCN1c1nc(NC2CCCC2O)nc(-c2cccc(O)c2)n1. The number of benzene rings is 2. The second-order valence-corrected chi connectivity index (χ2v) is 8.42. The molecule has 166 valence electrons. The van der Waals surface area contributed by atoms with Crippen LogP contribution in [-0.2, 0) is 6.42 Å². The predicted octanol–water partition coefficient (Wildman–Crippen LogP) is 2.67. The van der Waals surface area contributed by atoms with Crippen LogP contribution >= 0.6 is 0 Å². The molecule has 0 amide bonds. The molecule has 0 spiro atoms. The predicted molar refractivity (Wildman–Crippen MR) is 122 cm³/mol. The molecule has 0 radical (unpaired) electrons. The van der Waals surface area contributed by atoms with Gasteiger partial charge in [-0.15, -0.1) is 0 Å². The molecule has 1 saturated carbocycles. The Morgan fingerprint density at radius 1 is 1.03 bits per heavy atom.